The van der Waals surface area contributed by atoms with E-state index in [1.807, 2.05) is 0 Å². The molecular formula is C10H17N3O2. The summed E-state index contributed by atoms with van der Waals surface area (Å²) >= 11 is 0. The maximum atomic E-state index is 11.7. The number of amides is 2. The highest BCUT2D eigenvalue weighted by molar-refractivity contribution is 5.89. The number of nitrogens with two attached hydrogens (primary N) is 1. The molecule has 1 atom stereocenters. The molecule has 3 N–H and O–H groups in total. The van der Waals surface area contributed by atoms with E-state index in [1.54, 1.807) is 4.90 Å². The zero-order chi connectivity index (χ0) is 10.8. The van der Waals surface area contributed by atoms with Crippen molar-refractivity contribution in [2.45, 2.75) is 25.3 Å². The number of hydrogen-bond acceptors (Lipinski definition) is 3. The second-order valence-corrected chi connectivity index (χ2v) is 4.31. The van der Waals surface area contributed by atoms with Crippen LogP contribution in [0, 0.1) is 5.92 Å². The van der Waals surface area contributed by atoms with Gasteiger partial charge < -0.3 is 16.0 Å². The molecule has 1 unspecified atom stereocenters. The Morgan fingerprint density at radius 3 is 2.87 bits per heavy atom. The van der Waals surface area contributed by atoms with E-state index in [-0.39, 0.29) is 17.7 Å². The SMILES string of the molecule is NCCN1CC(C(=O)NC2CC2)CC1=O. The lowest BCUT2D eigenvalue weighted by Gasteiger charge is -2.14. The number of nitrogens with zero attached hydrogens (tertiary/aromatic N) is 1. The van der Waals surface area contributed by atoms with Crippen molar-refractivity contribution in [3.8, 4) is 0 Å². The molecule has 5 heteroatoms. The van der Waals surface area contributed by atoms with Crippen molar-refractivity contribution >= 4 is 11.8 Å². The van der Waals surface area contributed by atoms with Gasteiger partial charge in [0.2, 0.25) is 11.8 Å². The number of carbonyl (C=O) groups excluding carboxylic acids is 2. The van der Waals surface area contributed by atoms with Crippen molar-refractivity contribution in [2.24, 2.45) is 11.7 Å². The molecule has 1 aliphatic carbocycles. The van der Waals surface area contributed by atoms with Gasteiger partial charge in [-0.25, -0.2) is 0 Å². The van der Waals surface area contributed by atoms with Gasteiger partial charge in [0.05, 0.1) is 5.92 Å². The second-order valence-electron chi connectivity index (χ2n) is 4.31. The van der Waals surface area contributed by atoms with Gasteiger partial charge in [-0.1, -0.05) is 0 Å². The summed E-state index contributed by atoms with van der Waals surface area (Å²) < 4.78 is 0. The first-order valence-corrected chi connectivity index (χ1v) is 5.49. The van der Waals surface area contributed by atoms with Gasteiger partial charge in [-0.05, 0) is 12.8 Å². The first kappa shape index (κ1) is 10.4. The molecule has 84 valence electrons. The van der Waals surface area contributed by atoms with Crippen LogP contribution in [-0.2, 0) is 9.59 Å². The third-order valence-corrected chi connectivity index (χ3v) is 2.91. The maximum absolute atomic E-state index is 11.7. The molecule has 1 saturated carbocycles. The van der Waals surface area contributed by atoms with Crippen LogP contribution in [0.1, 0.15) is 19.3 Å². The van der Waals surface area contributed by atoms with Crippen LogP contribution in [-0.4, -0.2) is 42.4 Å². The summed E-state index contributed by atoms with van der Waals surface area (Å²) in [5, 5.41) is 2.93. The molecule has 1 heterocycles. The number of hydrogen-bond donors (Lipinski definition) is 2. The molecule has 1 saturated heterocycles. The van der Waals surface area contributed by atoms with Gasteiger partial charge >= 0.3 is 0 Å². The minimum Gasteiger partial charge on any atom is -0.353 e. The normalized spacial score (nSPS) is 25.8. The Labute approximate surface area is 89.0 Å². The van der Waals surface area contributed by atoms with Gasteiger partial charge in [-0.15, -0.1) is 0 Å². The summed E-state index contributed by atoms with van der Waals surface area (Å²) in [5.74, 6) is -0.0774. The third kappa shape index (κ3) is 2.47. The van der Waals surface area contributed by atoms with Crippen molar-refractivity contribution in [2.75, 3.05) is 19.6 Å². The summed E-state index contributed by atoms with van der Waals surface area (Å²) in [6.45, 7) is 1.56. The predicted octanol–water partition coefficient (Wildman–Crippen LogP) is -0.928. The molecule has 0 bridgehead atoms. The molecule has 2 fully saturated rings. The largest absolute Gasteiger partial charge is 0.353 e. The lowest BCUT2D eigenvalue weighted by atomic mass is 10.1. The van der Waals surface area contributed by atoms with Gasteiger partial charge in [0, 0.05) is 32.1 Å². The van der Waals surface area contributed by atoms with Crippen molar-refractivity contribution < 1.29 is 9.59 Å². The summed E-state index contributed by atoms with van der Waals surface area (Å²) in [7, 11) is 0. The van der Waals surface area contributed by atoms with Gasteiger partial charge in [0.25, 0.3) is 0 Å². The number of rotatable bonds is 4. The fraction of sp³-hybridized carbons (Fsp3) is 0.800. The van der Waals surface area contributed by atoms with Crippen LogP contribution in [0.15, 0.2) is 0 Å². The molecule has 5 nitrogen and oxygen atoms in total. The van der Waals surface area contributed by atoms with Crippen LogP contribution in [0.25, 0.3) is 0 Å². The molecule has 0 spiro atoms. The summed E-state index contributed by atoms with van der Waals surface area (Å²) in [5.41, 5.74) is 5.39. The number of carbonyl (C=O) groups is 2. The zero-order valence-corrected chi connectivity index (χ0v) is 8.74. The van der Waals surface area contributed by atoms with Crippen molar-refractivity contribution in [3.05, 3.63) is 0 Å². The standard InChI is InChI=1S/C10H17N3O2/c11-3-4-13-6-7(5-9(13)14)10(15)12-8-1-2-8/h7-8H,1-6,11H2,(H,12,15). The Morgan fingerprint density at radius 1 is 1.53 bits per heavy atom. The van der Waals surface area contributed by atoms with Crippen molar-refractivity contribution in [1.82, 2.24) is 10.2 Å². The van der Waals surface area contributed by atoms with Gasteiger partial charge in [0.15, 0.2) is 0 Å². The third-order valence-electron chi connectivity index (χ3n) is 2.91. The molecule has 1 aliphatic heterocycles. The van der Waals surface area contributed by atoms with Crippen LogP contribution in [0.4, 0.5) is 0 Å². The quantitative estimate of drug-likeness (QED) is 0.631. The van der Waals surface area contributed by atoms with E-state index >= 15 is 0 Å². The van der Waals surface area contributed by atoms with Gasteiger partial charge in [0.1, 0.15) is 0 Å². The Morgan fingerprint density at radius 2 is 2.27 bits per heavy atom. The lowest BCUT2D eigenvalue weighted by molar-refractivity contribution is -0.129. The summed E-state index contributed by atoms with van der Waals surface area (Å²) in [6, 6.07) is 0.371. The minimum atomic E-state index is -0.162. The van der Waals surface area contributed by atoms with Crippen LogP contribution in [0.3, 0.4) is 0 Å². The highest BCUT2D eigenvalue weighted by Gasteiger charge is 2.35. The molecular weight excluding hydrogens is 194 g/mol. The Hall–Kier alpha value is -1.10. The average Bonchev–Trinajstić information content (AvgIpc) is 2.92. The van der Waals surface area contributed by atoms with Crippen LogP contribution < -0.4 is 11.1 Å². The topological polar surface area (TPSA) is 75.4 Å². The van der Waals surface area contributed by atoms with E-state index in [1.165, 1.54) is 0 Å². The van der Waals surface area contributed by atoms with E-state index in [4.69, 9.17) is 5.73 Å². The number of nitrogens with one attached hydrogen (secondary N) is 1. The first-order chi connectivity index (χ1) is 7.20. The monoisotopic (exact) mass is 211 g/mol. The molecule has 2 aliphatic rings. The Kier molecular flexibility index (Phi) is 2.90. The Bertz CT molecular complexity index is 276. The first-order valence-electron chi connectivity index (χ1n) is 5.49. The zero-order valence-electron chi connectivity index (χ0n) is 8.74. The molecule has 0 aromatic carbocycles. The second kappa shape index (κ2) is 4.18. The Balaban J connectivity index is 1.83. The van der Waals surface area contributed by atoms with Gasteiger partial charge in [-0.2, -0.15) is 0 Å². The molecule has 2 amide bonds. The van der Waals surface area contributed by atoms with E-state index in [2.05, 4.69) is 5.32 Å². The molecule has 0 aromatic rings. The average molecular weight is 211 g/mol. The number of likely N-dealkylation sites (tertiary alicyclic amines) is 1. The van der Waals surface area contributed by atoms with E-state index in [0.29, 0.717) is 32.1 Å². The van der Waals surface area contributed by atoms with E-state index in [9.17, 15) is 9.59 Å². The highest BCUT2D eigenvalue weighted by Crippen LogP contribution is 2.22. The highest BCUT2D eigenvalue weighted by atomic mass is 16.2. The molecule has 0 radical (unpaired) electrons. The van der Waals surface area contributed by atoms with Crippen molar-refractivity contribution in [1.29, 1.82) is 0 Å². The molecule has 15 heavy (non-hydrogen) atoms. The smallest absolute Gasteiger partial charge is 0.225 e. The van der Waals surface area contributed by atoms with Gasteiger partial charge in [-0.3, -0.25) is 9.59 Å². The minimum absolute atomic E-state index is 0.0328. The summed E-state index contributed by atoms with van der Waals surface area (Å²) in [6.07, 6.45) is 2.51. The predicted molar refractivity (Wildman–Crippen MR) is 54.9 cm³/mol. The molecule has 2 rings (SSSR count). The lowest BCUT2D eigenvalue weighted by Crippen LogP contribution is -2.35. The molecule has 0 aromatic heterocycles. The fourth-order valence-electron chi connectivity index (χ4n) is 1.87. The van der Waals surface area contributed by atoms with Crippen LogP contribution in [0.5, 0.6) is 0 Å². The van der Waals surface area contributed by atoms with Crippen LogP contribution in [0.2, 0.25) is 0 Å². The van der Waals surface area contributed by atoms with Crippen LogP contribution >= 0.6 is 0 Å². The summed E-state index contributed by atoms with van der Waals surface area (Å²) in [4.78, 5) is 24.8. The maximum Gasteiger partial charge on any atom is 0.225 e. The van der Waals surface area contributed by atoms with E-state index in [0.717, 1.165) is 12.8 Å². The fourth-order valence-corrected chi connectivity index (χ4v) is 1.87. The van der Waals surface area contributed by atoms with E-state index < -0.39 is 0 Å². The van der Waals surface area contributed by atoms with Crippen molar-refractivity contribution in [3.63, 3.8) is 0 Å².